The van der Waals surface area contributed by atoms with Crippen molar-refractivity contribution in [1.82, 2.24) is 4.90 Å². The van der Waals surface area contributed by atoms with Gasteiger partial charge in [-0.2, -0.15) is 26.3 Å². The van der Waals surface area contributed by atoms with Gasteiger partial charge in [0.15, 0.2) is 0 Å². The van der Waals surface area contributed by atoms with Gasteiger partial charge in [-0.3, -0.25) is 19.3 Å². The Morgan fingerprint density at radius 2 is 1.56 bits per heavy atom. The summed E-state index contributed by atoms with van der Waals surface area (Å²) in [4.78, 5) is 38.2. The maximum absolute atomic E-state index is 13.2. The standard InChI is InChI=1S/C26H17F6N3O3S3/c27-25(28,29)16-7-14(8-17(10-16)26(30,31)32)15-9-19(40-12-15)11-20-23(38)35(24(39)41-20)6-5-21(36)34-18-3-1-13(2-4-18)22(33)37/h1-4,7-12H,5-6H2,(H2,33,37)(H,34,36). The lowest BCUT2D eigenvalue weighted by Gasteiger charge is -2.14. The number of amides is 3. The van der Waals surface area contributed by atoms with Crippen LogP contribution >= 0.6 is 35.3 Å². The summed E-state index contributed by atoms with van der Waals surface area (Å²) in [7, 11) is 0. The molecule has 0 bridgehead atoms. The van der Waals surface area contributed by atoms with Crippen LogP contribution < -0.4 is 11.1 Å². The Hall–Kier alpha value is -3.69. The molecule has 0 atom stereocenters. The summed E-state index contributed by atoms with van der Waals surface area (Å²) in [6.45, 7) is -0.0344. The third-order valence-corrected chi connectivity index (χ3v) is 7.96. The molecule has 0 saturated carbocycles. The van der Waals surface area contributed by atoms with E-state index in [1.54, 1.807) is 0 Å². The number of thiocarbonyl (C=S) groups is 1. The lowest BCUT2D eigenvalue weighted by Crippen LogP contribution is -2.31. The van der Waals surface area contributed by atoms with Crippen LogP contribution in [0.5, 0.6) is 0 Å². The molecule has 214 valence electrons. The predicted molar refractivity (Wildman–Crippen MR) is 148 cm³/mol. The van der Waals surface area contributed by atoms with Gasteiger partial charge >= 0.3 is 12.4 Å². The van der Waals surface area contributed by atoms with E-state index >= 15 is 0 Å². The van der Waals surface area contributed by atoms with E-state index in [-0.39, 0.29) is 44.9 Å². The molecule has 1 aliphatic heterocycles. The van der Waals surface area contributed by atoms with Crippen molar-refractivity contribution >= 4 is 69.1 Å². The lowest BCUT2D eigenvalue weighted by atomic mass is 10.0. The molecule has 2 aromatic carbocycles. The Kier molecular flexibility index (Phi) is 8.61. The summed E-state index contributed by atoms with van der Waals surface area (Å²) in [5, 5.41) is 4.02. The van der Waals surface area contributed by atoms with Gasteiger partial charge in [-0.25, -0.2) is 0 Å². The number of rotatable bonds is 7. The maximum atomic E-state index is 13.2. The molecule has 0 spiro atoms. The molecule has 15 heteroatoms. The maximum Gasteiger partial charge on any atom is 0.416 e. The fourth-order valence-corrected chi connectivity index (χ4v) is 5.90. The molecule has 3 N–H and O–H groups in total. The Bertz CT molecular complexity index is 1530. The second-order valence-corrected chi connectivity index (χ2v) is 11.2. The fourth-order valence-electron chi connectivity index (χ4n) is 3.68. The van der Waals surface area contributed by atoms with E-state index < -0.39 is 41.2 Å². The number of benzene rings is 2. The minimum Gasteiger partial charge on any atom is -0.366 e. The number of carbonyl (C=O) groups excluding carboxylic acids is 3. The molecule has 0 radical (unpaired) electrons. The molecule has 1 fully saturated rings. The van der Waals surface area contributed by atoms with Gasteiger partial charge in [-0.05, 0) is 71.1 Å². The van der Waals surface area contributed by atoms with Crippen molar-refractivity contribution in [2.75, 3.05) is 11.9 Å². The Morgan fingerprint density at radius 1 is 0.951 bits per heavy atom. The minimum absolute atomic E-state index is 0.0344. The molecule has 1 saturated heterocycles. The van der Waals surface area contributed by atoms with E-state index in [0.717, 1.165) is 23.1 Å². The Labute approximate surface area is 242 Å². The molecule has 41 heavy (non-hydrogen) atoms. The molecule has 0 unspecified atom stereocenters. The highest BCUT2D eigenvalue weighted by Crippen LogP contribution is 2.40. The molecular weight excluding hydrogens is 612 g/mol. The topological polar surface area (TPSA) is 92.5 Å². The van der Waals surface area contributed by atoms with E-state index in [1.807, 2.05) is 0 Å². The summed E-state index contributed by atoms with van der Waals surface area (Å²) in [5.74, 6) is -1.53. The average molecular weight is 630 g/mol. The first-order valence-electron chi connectivity index (χ1n) is 11.5. The van der Waals surface area contributed by atoms with Crippen molar-refractivity contribution in [3.63, 3.8) is 0 Å². The van der Waals surface area contributed by atoms with Crippen molar-refractivity contribution < 1.29 is 40.7 Å². The molecule has 1 aliphatic rings. The quantitative estimate of drug-likeness (QED) is 0.171. The van der Waals surface area contributed by atoms with Gasteiger partial charge in [0.05, 0.1) is 16.0 Å². The number of nitrogens with zero attached hydrogens (tertiary/aromatic N) is 1. The van der Waals surface area contributed by atoms with Crippen LogP contribution in [0, 0.1) is 0 Å². The molecule has 3 aromatic rings. The van der Waals surface area contributed by atoms with Crippen LogP contribution in [0.15, 0.2) is 58.8 Å². The SMILES string of the molecule is NC(=O)c1ccc(NC(=O)CCN2C(=O)C(=Cc3cc(-c4cc(C(F)(F)F)cc(C(F)(F)F)c4)cs3)SC2=S)cc1. The second-order valence-electron chi connectivity index (χ2n) is 8.61. The number of thiophene rings is 1. The predicted octanol–water partition coefficient (Wildman–Crippen LogP) is 6.78. The number of nitrogens with two attached hydrogens (primary N) is 1. The highest BCUT2D eigenvalue weighted by molar-refractivity contribution is 8.26. The summed E-state index contributed by atoms with van der Waals surface area (Å²) >= 11 is 7.23. The van der Waals surface area contributed by atoms with Crippen molar-refractivity contribution in [3.05, 3.63) is 80.4 Å². The Morgan fingerprint density at radius 3 is 2.12 bits per heavy atom. The van der Waals surface area contributed by atoms with E-state index in [2.05, 4.69) is 5.32 Å². The van der Waals surface area contributed by atoms with Gasteiger partial charge in [0.2, 0.25) is 11.8 Å². The molecule has 1 aromatic heterocycles. The Balaban J connectivity index is 1.45. The molecule has 0 aliphatic carbocycles. The minimum atomic E-state index is -4.98. The van der Waals surface area contributed by atoms with Crippen LogP contribution in [-0.2, 0) is 21.9 Å². The summed E-state index contributed by atoms with van der Waals surface area (Å²) < 4.78 is 79.6. The van der Waals surface area contributed by atoms with Crippen LogP contribution in [0.25, 0.3) is 17.2 Å². The first-order chi connectivity index (χ1) is 19.1. The molecule has 6 nitrogen and oxygen atoms in total. The van der Waals surface area contributed by atoms with Crippen molar-refractivity contribution in [2.24, 2.45) is 5.73 Å². The van der Waals surface area contributed by atoms with Crippen LogP contribution in [0.3, 0.4) is 0 Å². The van der Waals surface area contributed by atoms with E-state index in [9.17, 15) is 40.7 Å². The van der Waals surface area contributed by atoms with Gasteiger partial charge in [0.1, 0.15) is 4.32 Å². The number of thioether (sulfide) groups is 1. The first-order valence-corrected chi connectivity index (χ1v) is 13.6. The van der Waals surface area contributed by atoms with Gasteiger partial charge in [0, 0.05) is 29.1 Å². The third kappa shape index (κ3) is 7.34. The number of primary amides is 1. The second kappa shape index (κ2) is 11.7. The highest BCUT2D eigenvalue weighted by Gasteiger charge is 2.37. The van der Waals surface area contributed by atoms with Gasteiger partial charge < -0.3 is 11.1 Å². The normalized spacial score (nSPS) is 15.1. The van der Waals surface area contributed by atoms with Crippen LogP contribution in [0.2, 0.25) is 0 Å². The van der Waals surface area contributed by atoms with E-state index in [4.69, 9.17) is 18.0 Å². The van der Waals surface area contributed by atoms with Crippen LogP contribution in [-0.4, -0.2) is 33.5 Å². The zero-order valence-corrected chi connectivity index (χ0v) is 22.9. The van der Waals surface area contributed by atoms with Gasteiger partial charge in [-0.15, -0.1) is 11.3 Å². The highest BCUT2D eigenvalue weighted by atomic mass is 32.2. The number of hydrogen-bond donors (Lipinski definition) is 2. The molecule has 4 rings (SSSR count). The lowest BCUT2D eigenvalue weighted by molar-refractivity contribution is -0.143. The summed E-state index contributed by atoms with van der Waals surface area (Å²) in [6, 6.07) is 8.60. The monoisotopic (exact) mass is 629 g/mol. The van der Waals surface area contributed by atoms with Crippen molar-refractivity contribution in [1.29, 1.82) is 0 Å². The van der Waals surface area contributed by atoms with Gasteiger partial charge in [-0.1, -0.05) is 24.0 Å². The van der Waals surface area contributed by atoms with E-state index in [1.165, 1.54) is 46.7 Å². The smallest absolute Gasteiger partial charge is 0.366 e. The first kappa shape index (κ1) is 30.3. The zero-order chi connectivity index (χ0) is 30.1. The summed E-state index contributed by atoms with van der Waals surface area (Å²) in [5.41, 5.74) is 2.86. The average Bonchev–Trinajstić information content (AvgIpc) is 3.46. The number of nitrogens with one attached hydrogen (secondary N) is 1. The fraction of sp³-hybridized carbons (Fsp3) is 0.154. The largest absolute Gasteiger partial charge is 0.416 e. The van der Waals surface area contributed by atoms with Gasteiger partial charge in [0.25, 0.3) is 5.91 Å². The van der Waals surface area contributed by atoms with Crippen LogP contribution in [0.1, 0.15) is 32.8 Å². The summed E-state index contributed by atoms with van der Waals surface area (Å²) in [6.07, 6.45) is -8.62. The van der Waals surface area contributed by atoms with Crippen molar-refractivity contribution in [3.8, 4) is 11.1 Å². The van der Waals surface area contributed by atoms with Crippen LogP contribution in [0.4, 0.5) is 32.0 Å². The zero-order valence-electron chi connectivity index (χ0n) is 20.4. The molecule has 2 heterocycles. The molecule has 3 amide bonds. The number of alkyl halides is 6. The number of carbonyl (C=O) groups is 3. The van der Waals surface area contributed by atoms with Crippen molar-refractivity contribution in [2.45, 2.75) is 18.8 Å². The number of halogens is 6. The van der Waals surface area contributed by atoms with E-state index in [0.29, 0.717) is 22.7 Å². The molecular formula is C26H17F6N3O3S3. The number of hydrogen-bond acceptors (Lipinski definition) is 6. The number of anilines is 1. The third-order valence-electron chi connectivity index (χ3n) is 5.70.